The van der Waals surface area contributed by atoms with E-state index in [0.717, 1.165) is 22.0 Å². The quantitative estimate of drug-likeness (QED) is 0.701. The van der Waals surface area contributed by atoms with Crippen molar-refractivity contribution in [2.75, 3.05) is 11.5 Å². The van der Waals surface area contributed by atoms with Gasteiger partial charge in [0.15, 0.2) is 0 Å². The van der Waals surface area contributed by atoms with Crippen molar-refractivity contribution in [2.45, 2.75) is 6.92 Å². The van der Waals surface area contributed by atoms with Crippen LogP contribution in [0.3, 0.4) is 0 Å². The Kier molecular flexibility index (Phi) is 2.41. The van der Waals surface area contributed by atoms with Crippen molar-refractivity contribution in [2.24, 2.45) is 0 Å². The predicted octanol–water partition coefficient (Wildman–Crippen LogP) is 2.83. The Labute approximate surface area is 108 Å². The number of anilines is 2. The van der Waals surface area contributed by atoms with Gasteiger partial charge in [0.05, 0.1) is 5.52 Å². The molecule has 0 aliphatic carbocycles. The number of nitrogen functional groups attached to an aromatic ring is 2. The normalized spacial score (nSPS) is 10.9. The van der Waals surface area contributed by atoms with Gasteiger partial charge < -0.3 is 11.5 Å². The molecular formula is C13H12N4S. The Hall–Kier alpha value is -2.14. The first-order valence-electron chi connectivity index (χ1n) is 5.53. The van der Waals surface area contributed by atoms with E-state index in [0.29, 0.717) is 5.82 Å². The van der Waals surface area contributed by atoms with Crippen LogP contribution in [0.4, 0.5) is 11.8 Å². The summed E-state index contributed by atoms with van der Waals surface area (Å²) in [4.78, 5) is 9.46. The second kappa shape index (κ2) is 3.96. The number of thiophene rings is 1. The third-order valence-electron chi connectivity index (χ3n) is 2.96. The molecule has 90 valence electrons. The first-order chi connectivity index (χ1) is 8.66. The van der Waals surface area contributed by atoms with Crippen LogP contribution in [0.1, 0.15) is 5.56 Å². The molecular weight excluding hydrogens is 244 g/mol. The van der Waals surface area contributed by atoms with Crippen molar-refractivity contribution < 1.29 is 0 Å². The van der Waals surface area contributed by atoms with Crippen LogP contribution in [0.5, 0.6) is 0 Å². The topological polar surface area (TPSA) is 77.8 Å². The summed E-state index contributed by atoms with van der Waals surface area (Å²) in [7, 11) is 0. The number of hydrogen-bond acceptors (Lipinski definition) is 5. The van der Waals surface area contributed by atoms with Crippen LogP contribution in [0.25, 0.3) is 21.3 Å². The number of nitrogens with two attached hydrogens (primary N) is 2. The Morgan fingerprint density at radius 1 is 1.11 bits per heavy atom. The lowest BCUT2D eigenvalue weighted by Gasteiger charge is -2.09. The van der Waals surface area contributed by atoms with Gasteiger partial charge in [0.25, 0.3) is 0 Å². The molecule has 0 bridgehead atoms. The van der Waals surface area contributed by atoms with Crippen LogP contribution in [0.2, 0.25) is 0 Å². The highest BCUT2D eigenvalue weighted by Gasteiger charge is 2.11. The number of fused-ring (bicyclic) bond motifs is 1. The number of nitrogens with zero attached hydrogens (tertiary/aromatic N) is 2. The van der Waals surface area contributed by atoms with Crippen LogP contribution in [0, 0.1) is 6.92 Å². The van der Waals surface area contributed by atoms with E-state index in [9.17, 15) is 0 Å². The van der Waals surface area contributed by atoms with Crippen LogP contribution in [-0.4, -0.2) is 9.97 Å². The maximum atomic E-state index is 5.95. The minimum absolute atomic E-state index is 0.211. The molecule has 4 N–H and O–H groups in total. The molecule has 4 nitrogen and oxygen atoms in total. The summed E-state index contributed by atoms with van der Waals surface area (Å²) < 4.78 is 0. The monoisotopic (exact) mass is 256 g/mol. The maximum absolute atomic E-state index is 5.95. The summed E-state index contributed by atoms with van der Waals surface area (Å²) in [5.41, 5.74) is 14.6. The highest BCUT2D eigenvalue weighted by molar-refractivity contribution is 7.13. The number of hydrogen-bond donors (Lipinski definition) is 2. The Balaban J connectivity index is 2.36. The van der Waals surface area contributed by atoms with Crippen LogP contribution >= 0.6 is 11.3 Å². The maximum Gasteiger partial charge on any atom is 0.222 e. The van der Waals surface area contributed by atoms with Gasteiger partial charge in [0.1, 0.15) is 5.82 Å². The van der Waals surface area contributed by atoms with Crippen molar-refractivity contribution >= 4 is 34.0 Å². The molecule has 0 radical (unpaired) electrons. The van der Waals surface area contributed by atoms with Gasteiger partial charge in [-0.1, -0.05) is 12.1 Å². The van der Waals surface area contributed by atoms with E-state index in [4.69, 9.17) is 11.5 Å². The van der Waals surface area contributed by atoms with E-state index in [-0.39, 0.29) is 5.95 Å². The minimum Gasteiger partial charge on any atom is -0.383 e. The second-order valence-electron chi connectivity index (χ2n) is 4.08. The summed E-state index contributed by atoms with van der Waals surface area (Å²) in [6.07, 6.45) is 0. The van der Waals surface area contributed by atoms with E-state index in [1.54, 1.807) is 11.3 Å². The first kappa shape index (κ1) is 11.0. The highest BCUT2D eigenvalue weighted by atomic mass is 32.1. The molecule has 0 amide bonds. The van der Waals surface area contributed by atoms with E-state index >= 15 is 0 Å². The zero-order valence-corrected chi connectivity index (χ0v) is 10.7. The average molecular weight is 256 g/mol. The molecule has 2 heterocycles. The number of benzene rings is 1. The van der Waals surface area contributed by atoms with E-state index in [1.807, 2.05) is 19.1 Å². The van der Waals surface area contributed by atoms with Gasteiger partial charge in [-0.2, -0.15) is 4.98 Å². The van der Waals surface area contributed by atoms with Gasteiger partial charge in [-0.3, -0.25) is 0 Å². The predicted molar refractivity (Wildman–Crippen MR) is 76.4 cm³/mol. The van der Waals surface area contributed by atoms with Crippen molar-refractivity contribution in [3.63, 3.8) is 0 Å². The molecule has 0 spiro atoms. The molecule has 1 aromatic carbocycles. The van der Waals surface area contributed by atoms with Gasteiger partial charge in [0, 0.05) is 10.3 Å². The largest absolute Gasteiger partial charge is 0.383 e. The molecule has 18 heavy (non-hydrogen) atoms. The number of aryl methyl sites for hydroxylation is 1. The van der Waals surface area contributed by atoms with E-state index in [2.05, 4.69) is 27.5 Å². The first-order valence-corrected chi connectivity index (χ1v) is 6.41. The highest BCUT2D eigenvalue weighted by Crippen LogP contribution is 2.33. The van der Waals surface area contributed by atoms with Gasteiger partial charge in [-0.05, 0) is 35.6 Å². The summed E-state index contributed by atoms with van der Waals surface area (Å²) in [6.45, 7) is 2.04. The summed E-state index contributed by atoms with van der Waals surface area (Å²) >= 11 is 1.70. The molecule has 0 unspecified atom stereocenters. The van der Waals surface area contributed by atoms with Crippen molar-refractivity contribution in [3.8, 4) is 10.4 Å². The summed E-state index contributed by atoms with van der Waals surface area (Å²) in [5.74, 6) is 0.650. The van der Waals surface area contributed by atoms with Gasteiger partial charge in [0.2, 0.25) is 5.95 Å². The average Bonchev–Trinajstić information content (AvgIpc) is 2.81. The zero-order chi connectivity index (χ0) is 12.7. The lowest BCUT2D eigenvalue weighted by atomic mass is 10.0. The van der Waals surface area contributed by atoms with E-state index < -0.39 is 0 Å². The second-order valence-corrected chi connectivity index (χ2v) is 5.02. The molecule has 0 aliphatic heterocycles. The fourth-order valence-electron chi connectivity index (χ4n) is 2.14. The van der Waals surface area contributed by atoms with Gasteiger partial charge >= 0.3 is 0 Å². The smallest absolute Gasteiger partial charge is 0.222 e. The summed E-state index contributed by atoms with van der Waals surface area (Å²) in [5, 5.41) is 2.94. The number of rotatable bonds is 1. The van der Waals surface area contributed by atoms with Crippen molar-refractivity contribution in [1.29, 1.82) is 0 Å². The van der Waals surface area contributed by atoms with Gasteiger partial charge in [-0.15, -0.1) is 11.3 Å². The Morgan fingerprint density at radius 2 is 1.94 bits per heavy atom. The van der Waals surface area contributed by atoms with Crippen LogP contribution in [-0.2, 0) is 0 Å². The molecule has 0 saturated carbocycles. The molecule has 2 aromatic heterocycles. The molecule has 0 fully saturated rings. The Bertz CT molecular complexity index is 719. The number of aromatic nitrogens is 2. The lowest BCUT2D eigenvalue weighted by molar-refractivity contribution is 1.24. The Morgan fingerprint density at radius 3 is 2.67 bits per heavy atom. The molecule has 3 rings (SSSR count). The van der Waals surface area contributed by atoms with Crippen molar-refractivity contribution in [1.82, 2.24) is 9.97 Å². The fraction of sp³-hybridized carbons (Fsp3) is 0.0769. The third-order valence-corrected chi connectivity index (χ3v) is 3.86. The lowest BCUT2D eigenvalue weighted by Crippen LogP contribution is -2.01. The van der Waals surface area contributed by atoms with Crippen LogP contribution in [0.15, 0.2) is 29.6 Å². The molecule has 0 aliphatic rings. The van der Waals surface area contributed by atoms with Gasteiger partial charge in [-0.25, -0.2) is 4.98 Å². The minimum atomic E-state index is 0.211. The third kappa shape index (κ3) is 1.60. The van der Waals surface area contributed by atoms with Crippen LogP contribution < -0.4 is 11.5 Å². The SMILES string of the molecule is Cc1c(-c2cccs2)ccc2nc(N)nc(N)c12. The fourth-order valence-corrected chi connectivity index (χ4v) is 2.95. The summed E-state index contributed by atoms with van der Waals surface area (Å²) in [6, 6.07) is 8.11. The van der Waals surface area contributed by atoms with E-state index in [1.165, 1.54) is 4.88 Å². The zero-order valence-electron chi connectivity index (χ0n) is 9.84. The molecule has 0 atom stereocenters. The molecule has 0 saturated heterocycles. The molecule has 5 heteroatoms. The molecule has 3 aromatic rings. The standard InChI is InChI=1S/C13H12N4S/c1-7-8(10-3-2-6-18-10)4-5-9-11(7)12(14)17-13(15)16-9/h2-6H,1H3,(H4,14,15,16,17). The van der Waals surface area contributed by atoms with Crippen molar-refractivity contribution in [3.05, 3.63) is 35.2 Å².